The lowest BCUT2D eigenvalue weighted by Crippen LogP contribution is -2.32. The third kappa shape index (κ3) is 6.74. The first-order chi connectivity index (χ1) is 13.1. The molecule has 144 valence electrons. The van der Waals surface area contributed by atoms with Crippen LogP contribution >= 0.6 is 12.2 Å². The highest BCUT2D eigenvalue weighted by Crippen LogP contribution is 2.28. The number of thiocarbonyl (C=S) groups is 1. The van der Waals surface area contributed by atoms with Crippen LogP contribution in [0.25, 0.3) is 0 Å². The van der Waals surface area contributed by atoms with E-state index in [0.29, 0.717) is 10.9 Å². The second-order valence-electron chi connectivity index (χ2n) is 5.61. The summed E-state index contributed by atoms with van der Waals surface area (Å²) in [6, 6.07) is 8.22. The highest BCUT2D eigenvalue weighted by Gasteiger charge is 2.14. The largest absolute Gasteiger partial charge is 0.493 e. The van der Waals surface area contributed by atoms with Crippen molar-refractivity contribution in [3.8, 4) is 11.5 Å². The molecular weight excluding hydrogens is 366 g/mol. The third-order valence-electron chi connectivity index (χ3n) is 3.56. The number of esters is 1. The first kappa shape index (κ1) is 20.4. The fraction of sp³-hybridized carbons (Fsp3) is 0.316. The summed E-state index contributed by atoms with van der Waals surface area (Å²) in [5, 5.41) is 7.65. The second kappa shape index (κ2) is 11.0. The number of hydrazone groups is 1. The van der Waals surface area contributed by atoms with Crippen molar-refractivity contribution in [1.82, 2.24) is 10.7 Å². The summed E-state index contributed by atoms with van der Waals surface area (Å²) < 4.78 is 15.6. The van der Waals surface area contributed by atoms with Gasteiger partial charge in [-0.05, 0) is 54.5 Å². The molecule has 1 aromatic carbocycles. The maximum atomic E-state index is 12.0. The van der Waals surface area contributed by atoms with Gasteiger partial charge in [-0.1, -0.05) is 19.8 Å². The molecule has 0 bridgehead atoms. The quantitative estimate of drug-likeness (QED) is 0.170. The van der Waals surface area contributed by atoms with Crippen LogP contribution in [0.3, 0.4) is 0 Å². The van der Waals surface area contributed by atoms with E-state index in [4.69, 9.17) is 26.1 Å². The molecule has 0 atom stereocenters. The zero-order chi connectivity index (χ0) is 19.5. The van der Waals surface area contributed by atoms with Crippen molar-refractivity contribution < 1.29 is 18.7 Å². The molecule has 7 nitrogen and oxygen atoms in total. The summed E-state index contributed by atoms with van der Waals surface area (Å²) in [7, 11) is 1.49. The van der Waals surface area contributed by atoms with Crippen LogP contribution in [0, 0.1) is 0 Å². The fourth-order valence-electron chi connectivity index (χ4n) is 2.18. The van der Waals surface area contributed by atoms with Gasteiger partial charge in [0.15, 0.2) is 16.6 Å². The Hall–Kier alpha value is -2.87. The maximum absolute atomic E-state index is 12.0. The second-order valence-corrected chi connectivity index (χ2v) is 6.02. The molecule has 0 amide bonds. The number of nitrogens with one attached hydrogen (secondary N) is 2. The smallest absolute Gasteiger partial charge is 0.379 e. The summed E-state index contributed by atoms with van der Waals surface area (Å²) in [5.74, 6) is 0.212. The number of carbonyl (C=O) groups excluding carboxylic acids is 1. The topological polar surface area (TPSA) is 85.1 Å². The van der Waals surface area contributed by atoms with Crippen molar-refractivity contribution in [3.63, 3.8) is 0 Å². The van der Waals surface area contributed by atoms with Crippen LogP contribution in [-0.2, 0) is 0 Å². The number of rotatable bonds is 9. The molecule has 0 aliphatic heterocycles. The number of nitrogens with zero attached hydrogens (tertiary/aromatic N) is 1. The van der Waals surface area contributed by atoms with Gasteiger partial charge in [-0.3, -0.25) is 5.43 Å². The maximum Gasteiger partial charge on any atom is 0.379 e. The van der Waals surface area contributed by atoms with Crippen LogP contribution in [0.2, 0.25) is 0 Å². The summed E-state index contributed by atoms with van der Waals surface area (Å²) in [6.07, 6.45) is 6.39. The van der Waals surface area contributed by atoms with E-state index in [-0.39, 0.29) is 11.5 Å². The van der Waals surface area contributed by atoms with E-state index in [1.54, 1.807) is 30.5 Å². The Bertz CT molecular complexity index is 775. The van der Waals surface area contributed by atoms with Crippen LogP contribution in [0.4, 0.5) is 0 Å². The molecule has 1 heterocycles. The van der Waals surface area contributed by atoms with E-state index >= 15 is 0 Å². The highest BCUT2D eigenvalue weighted by atomic mass is 32.1. The molecule has 2 N–H and O–H groups in total. The predicted octanol–water partition coefficient (Wildman–Crippen LogP) is 3.50. The van der Waals surface area contributed by atoms with Gasteiger partial charge >= 0.3 is 5.97 Å². The molecule has 0 aliphatic rings. The van der Waals surface area contributed by atoms with Crippen molar-refractivity contribution in [2.24, 2.45) is 5.10 Å². The molecule has 0 spiro atoms. The number of benzene rings is 1. The number of carbonyl (C=O) groups is 1. The Balaban J connectivity index is 1.91. The Kier molecular flexibility index (Phi) is 8.31. The molecule has 0 saturated carbocycles. The monoisotopic (exact) mass is 389 g/mol. The Morgan fingerprint density at radius 2 is 2.15 bits per heavy atom. The minimum Gasteiger partial charge on any atom is -0.493 e. The van der Waals surface area contributed by atoms with Crippen LogP contribution in [0.5, 0.6) is 11.5 Å². The summed E-state index contributed by atoms with van der Waals surface area (Å²) in [5.41, 5.74) is 3.52. The molecule has 0 fully saturated rings. The number of methoxy groups -OCH3 is 1. The van der Waals surface area contributed by atoms with Crippen molar-refractivity contribution in [2.75, 3.05) is 13.7 Å². The Labute approximate surface area is 163 Å². The Morgan fingerprint density at radius 3 is 2.85 bits per heavy atom. The number of unbranched alkanes of at least 4 members (excludes halogenated alkanes) is 2. The van der Waals surface area contributed by atoms with Gasteiger partial charge in [-0.25, -0.2) is 4.79 Å². The van der Waals surface area contributed by atoms with Crippen LogP contribution < -0.4 is 20.2 Å². The summed E-state index contributed by atoms with van der Waals surface area (Å²) in [4.78, 5) is 12.0. The van der Waals surface area contributed by atoms with Gasteiger partial charge in [0, 0.05) is 6.54 Å². The number of hydrogen-bond acceptors (Lipinski definition) is 6. The predicted molar refractivity (Wildman–Crippen MR) is 108 cm³/mol. The lowest BCUT2D eigenvalue weighted by Gasteiger charge is -2.09. The van der Waals surface area contributed by atoms with Crippen LogP contribution in [0.1, 0.15) is 42.3 Å². The molecule has 27 heavy (non-hydrogen) atoms. The van der Waals surface area contributed by atoms with E-state index in [0.717, 1.165) is 31.4 Å². The van der Waals surface area contributed by atoms with E-state index in [1.807, 2.05) is 0 Å². The van der Waals surface area contributed by atoms with Gasteiger partial charge in [0.05, 0.1) is 19.6 Å². The minimum absolute atomic E-state index is 0.117. The van der Waals surface area contributed by atoms with Crippen LogP contribution in [0.15, 0.2) is 46.1 Å². The fourth-order valence-corrected chi connectivity index (χ4v) is 2.33. The molecule has 0 aliphatic carbocycles. The average Bonchev–Trinajstić information content (AvgIpc) is 3.21. The van der Waals surface area contributed by atoms with Crippen LogP contribution in [-0.4, -0.2) is 31.0 Å². The molecule has 0 radical (unpaired) electrons. The van der Waals surface area contributed by atoms with Gasteiger partial charge < -0.3 is 19.2 Å². The average molecular weight is 389 g/mol. The molecule has 0 unspecified atom stereocenters. The van der Waals surface area contributed by atoms with Gasteiger partial charge in [-0.2, -0.15) is 5.10 Å². The molecule has 1 aromatic heterocycles. The number of ether oxygens (including phenoxy) is 2. The first-order valence-electron chi connectivity index (χ1n) is 8.64. The van der Waals surface area contributed by atoms with E-state index in [1.165, 1.54) is 19.4 Å². The SMILES string of the molecule is CCCCCNC(=S)N/N=C\c1ccc(OC(=O)c2ccco2)c(OC)c1. The molecule has 0 saturated heterocycles. The van der Waals surface area contributed by atoms with Gasteiger partial charge in [0.25, 0.3) is 0 Å². The van der Waals surface area contributed by atoms with E-state index < -0.39 is 5.97 Å². The molecule has 2 aromatic rings. The molecule has 8 heteroatoms. The normalized spacial score (nSPS) is 10.6. The summed E-state index contributed by atoms with van der Waals surface area (Å²) in [6.45, 7) is 2.97. The minimum atomic E-state index is -0.596. The first-order valence-corrected chi connectivity index (χ1v) is 9.05. The third-order valence-corrected chi connectivity index (χ3v) is 3.79. The lowest BCUT2D eigenvalue weighted by atomic mass is 10.2. The van der Waals surface area contributed by atoms with Crippen molar-refractivity contribution in [1.29, 1.82) is 0 Å². The standard InChI is InChI=1S/C19H23N3O4S/c1-3-4-5-10-20-19(27)22-21-13-14-8-9-15(17(12-14)24-2)26-18(23)16-7-6-11-25-16/h6-9,11-13H,3-5,10H2,1-2H3,(H2,20,22,27)/b21-13-. The van der Waals surface area contributed by atoms with E-state index in [2.05, 4.69) is 22.8 Å². The highest BCUT2D eigenvalue weighted by molar-refractivity contribution is 7.80. The zero-order valence-corrected chi connectivity index (χ0v) is 16.2. The van der Waals surface area contributed by atoms with Gasteiger partial charge in [0.1, 0.15) is 0 Å². The number of furan rings is 1. The lowest BCUT2D eigenvalue weighted by molar-refractivity contribution is 0.0696. The van der Waals surface area contributed by atoms with E-state index in [9.17, 15) is 4.79 Å². The van der Waals surface area contributed by atoms with Crippen molar-refractivity contribution in [2.45, 2.75) is 26.2 Å². The van der Waals surface area contributed by atoms with Crippen molar-refractivity contribution in [3.05, 3.63) is 47.9 Å². The van der Waals surface area contributed by atoms with Gasteiger partial charge in [-0.15, -0.1) is 0 Å². The van der Waals surface area contributed by atoms with Crippen molar-refractivity contribution >= 4 is 29.5 Å². The zero-order valence-electron chi connectivity index (χ0n) is 15.4. The number of hydrogen-bond donors (Lipinski definition) is 2. The molecular formula is C19H23N3O4S. The Morgan fingerprint density at radius 1 is 1.30 bits per heavy atom. The van der Waals surface area contributed by atoms with Gasteiger partial charge in [0.2, 0.25) is 5.76 Å². The molecule has 2 rings (SSSR count). The summed E-state index contributed by atoms with van der Waals surface area (Å²) >= 11 is 5.15.